The fourth-order valence-corrected chi connectivity index (χ4v) is 1.73. The average molecular weight is 306 g/mol. The molecule has 0 fully saturated rings. The minimum atomic E-state index is -0.131. The first-order chi connectivity index (χ1) is 8.60. The Balaban J connectivity index is 2.25. The molecule has 0 aliphatic carbocycles. The minimum Gasteiger partial charge on any atom is -0.423 e. The number of ether oxygens (including phenoxy) is 1. The van der Waals surface area contributed by atoms with Crippen LogP contribution in [0.2, 0.25) is 15.1 Å². The summed E-state index contributed by atoms with van der Waals surface area (Å²) in [6.45, 7) is -0.131. The van der Waals surface area contributed by atoms with Gasteiger partial charge >= 0.3 is 6.01 Å². The van der Waals surface area contributed by atoms with E-state index in [0.717, 1.165) is 0 Å². The molecule has 1 heterocycles. The Bertz CT molecular complexity index is 561. The third-order valence-corrected chi connectivity index (χ3v) is 3.06. The topological polar surface area (TPSA) is 55.2 Å². The van der Waals surface area contributed by atoms with E-state index in [9.17, 15) is 0 Å². The van der Waals surface area contributed by atoms with E-state index in [4.69, 9.17) is 44.6 Å². The first kappa shape index (κ1) is 13.4. The van der Waals surface area contributed by atoms with Crippen molar-refractivity contribution < 1.29 is 9.84 Å². The number of aromatic nitrogens is 2. The number of benzene rings is 1. The lowest BCUT2D eigenvalue weighted by Gasteiger charge is -2.07. The summed E-state index contributed by atoms with van der Waals surface area (Å²) >= 11 is 17.6. The van der Waals surface area contributed by atoms with Crippen LogP contribution in [0.1, 0.15) is 5.56 Å². The minimum absolute atomic E-state index is 0.104. The van der Waals surface area contributed by atoms with E-state index < -0.39 is 0 Å². The Labute approximate surface area is 118 Å². The molecule has 4 nitrogen and oxygen atoms in total. The second kappa shape index (κ2) is 5.71. The van der Waals surface area contributed by atoms with Crippen LogP contribution in [0.25, 0.3) is 0 Å². The maximum absolute atomic E-state index is 8.86. The highest BCUT2D eigenvalue weighted by molar-refractivity contribution is 6.43. The Morgan fingerprint density at radius 2 is 1.61 bits per heavy atom. The predicted molar refractivity (Wildman–Crippen MR) is 69.5 cm³/mol. The average Bonchev–Trinajstić information content (AvgIpc) is 2.37. The number of halogens is 3. The molecule has 7 heteroatoms. The van der Waals surface area contributed by atoms with Crippen LogP contribution in [-0.2, 0) is 6.61 Å². The van der Waals surface area contributed by atoms with Crippen molar-refractivity contribution >= 4 is 34.8 Å². The van der Waals surface area contributed by atoms with E-state index in [0.29, 0.717) is 26.4 Å². The second-order valence-electron chi connectivity index (χ2n) is 3.33. The van der Waals surface area contributed by atoms with Crippen molar-refractivity contribution in [2.45, 2.75) is 6.61 Å². The Morgan fingerprint density at radius 3 is 2.22 bits per heavy atom. The number of nitrogens with zero attached hydrogens (tertiary/aromatic N) is 2. The van der Waals surface area contributed by atoms with Crippen molar-refractivity contribution in [1.29, 1.82) is 0 Å². The van der Waals surface area contributed by atoms with Crippen molar-refractivity contribution in [3.63, 3.8) is 0 Å². The van der Waals surface area contributed by atoms with Gasteiger partial charge in [-0.2, -0.15) is 0 Å². The number of aliphatic hydroxyl groups is 1. The van der Waals surface area contributed by atoms with E-state index >= 15 is 0 Å². The molecule has 0 saturated heterocycles. The van der Waals surface area contributed by atoms with Crippen molar-refractivity contribution in [2.24, 2.45) is 0 Å². The highest BCUT2D eigenvalue weighted by Crippen LogP contribution is 2.35. The van der Waals surface area contributed by atoms with Crippen molar-refractivity contribution in [3.05, 3.63) is 45.2 Å². The molecule has 1 aromatic carbocycles. The van der Waals surface area contributed by atoms with Gasteiger partial charge in [-0.25, -0.2) is 9.97 Å². The zero-order valence-corrected chi connectivity index (χ0v) is 11.2. The van der Waals surface area contributed by atoms with Gasteiger partial charge in [0, 0.05) is 24.0 Å². The molecule has 0 aliphatic heterocycles. The van der Waals surface area contributed by atoms with Crippen molar-refractivity contribution in [1.82, 2.24) is 9.97 Å². The van der Waals surface area contributed by atoms with Gasteiger partial charge in [0.2, 0.25) is 0 Å². The van der Waals surface area contributed by atoms with E-state index in [1.54, 1.807) is 0 Å². The van der Waals surface area contributed by atoms with Crippen molar-refractivity contribution in [2.75, 3.05) is 0 Å². The molecular weight excluding hydrogens is 298 g/mol. The third kappa shape index (κ3) is 3.03. The summed E-state index contributed by atoms with van der Waals surface area (Å²) in [5.41, 5.74) is 0.586. The first-order valence-corrected chi connectivity index (χ1v) is 5.97. The maximum atomic E-state index is 8.86. The molecule has 1 aromatic heterocycles. The Hall–Kier alpha value is -1.07. The van der Waals surface area contributed by atoms with Gasteiger partial charge in [0.15, 0.2) is 5.75 Å². The van der Waals surface area contributed by atoms with Crippen LogP contribution in [0.4, 0.5) is 0 Å². The van der Waals surface area contributed by atoms with Crippen LogP contribution in [-0.4, -0.2) is 15.1 Å². The largest absolute Gasteiger partial charge is 0.423 e. The van der Waals surface area contributed by atoms with Crippen LogP contribution in [0, 0.1) is 0 Å². The highest BCUT2D eigenvalue weighted by atomic mass is 35.5. The van der Waals surface area contributed by atoms with E-state index in [-0.39, 0.29) is 12.6 Å². The van der Waals surface area contributed by atoms with E-state index in [1.807, 2.05) is 0 Å². The summed E-state index contributed by atoms with van der Waals surface area (Å²) in [6.07, 6.45) is 2.90. The van der Waals surface area contributed by atoms with Crippen LogP contribution >= 0.6 is 34.8 Å². The molecular formula is C11H7Cl3N2O2. The van der Waals surface area contributed by atoms with Gasteiger partial charge in [-0.1, -0.05) is 34.8 Å². The number of rotatable bonds is 3. The van der Waals surface area contributed by atoms with Gasteiger partial charge < -0.3 is 9.84 Å². The highest BCUT2D eigenvalue weighted by Gasteiger charge is 2.09. The summed E-state index contributed by atoms with van der Waals surface area (Å²) < 4.78 is 5.37. The molecule has 1 N–H and O–H groups in total. The smallest absolute Gasteiger partial charge is 0.321 e. The Kier molecular flexibility index (Phi) is 4.24. The number of hydrogen-bond donors (Lipinski definition) is 1. The molecule has 0 bridgehead atoms. The number of aliphatic hydroxyl groups excluding tert-OH is 1. The van der Waals surface area contributed by atoms with Crippen molar-refractivity contribution in [3.8, 4) is 11.8 Å². The van der Waals surface area contributed by atoms with Gasteiger partial charge in [-0.3, -0.25) is 0 Å². The number of hydrogen-bond acceptors (Lipinski definition) is 4. The molecule has 18 heavy (non-hydrogen) atoms. The standard InChI is InChI=1S/C11H7Cl3N2O2/c12-7-1-9(14)10(2-8(7)13)18-11-15-3-6(5-17)4-16-11/h1-4,17H,5H2. The molecule has 0 unspecified atom stereocenters. The van der Waals surface area contributed by atoms with E-state index in [2.05, 4.69) is 9.97 Å². The van der Waals surface area contributed by atoms with Crippen LogP contribution < -0.4 is 4.74 Å². The molecule has 0 spiro atoms. The lowest BCUT2D eigenvalue weighted by Crippen LogP contribution is -1.94. The van der Waals surface area contributed by atoms with Crippen LogP contribution in [0.3, 0.4) is 0 Å². The normalized spacial score (nSPS) is 10.4. The third-order valence-electron chi connectivity index (χ3n) is 2.04. The summed E-state index contributed by atoms with van der Waals surface area (Å²) in [7, 11) is 0. The molecule has 94 valence electrons. The fourth-order valence-electron chi connectivity index (χ4n) is 1.16. The zero-order chi connectivity index (χ0) is 13.1. The summed E-state index contributed by atoms with van der Waals surface area (Å²) in [5.74, 6) is 0.308. The van der Waals surface area contributed by atoms with Gasteiger partial charge in [0.25, 0.3) is 0 Å². The zero-order valence-electron chi connectivity index (χ0n) is 8.90. The maximum Gasteiger partial charge on any atom is 0.321 e. The first-order valence-electron chi connectivity index (χ1n) is 4.84. The van der Waals surface area contributed by atoms with Gasteiger partial charge in [-0.15, -0.1) is 0 Å². The quantitative estimate of drug-likeness (QED) is 0.878. The lowest BCUT2D eigenvalue weighted by atomic mass is 10.3. The van der Waals surface area contributed by atoms with E-state index in [1.165, 1.54) is 24.5 Å². The molecule has 0 radical (unpaired) electrons. The summed E-state index contributed by atoms with van der Waals surface area (Å²) in [6, 6.07) is 3.06. The Morgan fingerprint density at radius 1 is 1.00 bits per heavy atom. The second-order valence-corrected chi connectivity index (χ2v) is 4.55. The molecule has 2 rings (SSSR count). The molecule has 2 aromatic rings. The van der Waals surface area contributed by atoms with Gasteiger partial charge in [0.1, 0.15) is 0 Å². The molecule has 0 amide bonds. The molecule has 0 saturated carbocycles. The monoisotopic (exact) mass is 304 g/mol. The van der Waals surface area contributed by atoms with Gasteiger partial charge in [-0.05, 0) is 6.07 Å². The van der Waals surface area contributed by atoms with Gasteiger partial charge in [0.05, 0.1) is 21.7 Å². The summed E-state index contributed by atoms with van der Waals surface area (Å²) in [4.78, 5) is 7.82. The molecule has 0 atom stereocenters. The van der Waals surface area contributed by atoms with Crippen LogP contribution in [0.5, 0.6) is 11.8 Å². The van der Waals surface area contributed by atoms with Crippen LogP contribution in [0.15, 0.2) is 24.5 Å². The predicted octanol–water partition coefficient (Wildman–Crippen LogP) is 3.72. The lowest BCUT2D eigenvalue weighted by molar-refractivity contribution is 0.280. The fraction of sp³-hybridized carbons (Fsp3) is 0.0909. The summed E-state index contributed by atoms with van der Waals surface area (Å²) in [5, 5.41) is 9.82. The SMILES string of the molecule is OCc1cnc(Oc2cc(Cl)c(Cl)cc2Cl)nc1. The molecule has 0 aliphatic rings.